The van der Waals surface area contributed by atoms with Crippen LogP contribution in [0.3, 0.4) is 0 Å². The summed E-state index contributed by atoms with van der Waals surface area (Å²) in [5.74, 6) is 2.17. The largest absolute Gasteiger partial charge is 0.356 e. The van der Waals surface area contributed by atoms with Gasteiger partial charge in [0.15, 0.2) is 0 Å². The molecule has 0 aromatic heterocycles. The smallest absolute Gasteiger partial charge is 0.224 e. The van der Waals surface area contributed by atoms with E-state index in [9.17, 15) is 4.79 Å². The van der Waals surface area contributed by atoms with Crippen molar-refractivity contribution in [3.8, 4) is 0 Å². The Bertz CT molecular complexity index is 305. The standard InChI is InChI=1S/C14H24N2O/c1-9-2-3-10(6-9)8-15-14(17)12-7-11-4-5-13(12)16-11/h9-13,16H,2-8H2,1H3,(H,15,17). The van der Waals surface area contributed by atoms with E-state index in [1.807, 2.05) is 0 Å². The zero-order chi connectivity index (χ0) is 11.8. The Hall–Kier alpha value is -0.570. The molecule has 0 spiro atoms. The van der Waals surface area contributed by atoms with Crippen LogP contribution in [-0.4, -0.2) is 24.5 Å². The summed E-state index contributed by atoms with van der Waals surface area (Å²) < 4.78 is 0. The van der Waals surface area contributed by atoms with Gasteiger partial charge in [0.05, 0.1) is 5.92 Å². The molecule has 3 rings (SSSR count). The van der Waals surface area contributed by atoms with Crippen molar-refractivity contribution in [1.29, 1.82) is 0 Å². The third-order valence-corrected chi connectivity index (χ3v) is 5.01. The zero-order valence-electron chi connectivity index (χ0n) is 10.7. The molecule has 5 unspecified atom stereocenters. The topological polar surface area (TPSA) is 41.1 Å². The van der Waals surface area contributed by atoms with Gasteiger partial charge in [-0.15, -0.1) is 0 Å². The van der Waals surface area contributed by atoms with Crippen molar-refractivity contribution in [1.82, 2.24) is 10.6 Å². The lowest BCUT2D eigenvalue weighted by Gasteiger charge is -2.20. The monoisotopic (exact) mass is 236 g/mol. The molecule has 1 saturated carbocycles. The Morgan fingerprint density at radius 3 is 2.71 bits per heavy atom. The van der Waals surface area contributed by atoms with Gasteiger partial charge in [-0.2, -0.15) is 0 Å². The minimum absolute atomic E-state index is 0.257. The fraction of sp³-hybridized carbons (Fsp3) is 0.929. The number of amides is 1. The SMILES string of the molecule is CC1CCC(CNC(=O)C2CC3CCC2N3)C1. The molecular weight excluding hydrogens is 212 g/mol. The van der Waals surface area contributed by atoms with Crippen molar-refractivity contribution >= 4 is 5.91 Å². The van der Waals surface area contributed by atoms with Gasteiger partial charge < -0.3 is 10.6 Å². The number of hydrogen-bond acceptors (Lipinski definition) is 2. The summed E-state index contributed by atoms with van der Waals surface area (Å²) in [5, 5.41) is 6.73. The normalized spacial score (nSPS) is 44.2. The number of rotatable bonds is 3. The molecule has 5 atom stereocenters. The molecule has 3 fully saturated rings. The second-order valence-corrected chi connectivity index (χ2v) is 6.42. The van der Waals surface area contributed by atoms with Gasteiger partial charge in [0, 0.05) is 18.6 Å². The van der Waals surface area contributed by atoms with Gasteiger partial charge in [-0.1, -0.05) is 13.3 Å². The molecule has 2 bridgehead atoms. The first kappa shape index (κ1) is 11.5. The van der Waals surface area contributed by atoms with Crippen LogP contribution in [0.2, 0.25) is 0 Å². The van der Waals surface area contributed by atoms with Crippen LogP contribution in [0.25, 0.3) is 0 Å². The highest BCUT2D eigenvalue weighted by atomic mass is 16.1. The first-order valence-corrected chi connectivity index (χ1v) is 7.26. The molecule has 96 valence electrons. The minimum Gasteiger partial charge on any atom is -0.356 e. The molecule has 1 aliphatic carbocycles. The van der Waals surface area contributed by atoms with Crippen molar-refractivity contribution < 1.29 is 4.79 Å². The maximum absolute atomic E-state index is 12.1. The third kappa shape index (κ3) is 2.35. The maximum atomic E-state index is 12.1. The van der Waals surface area contributed by atoms with Crippen LogP contribution in [0.4, 0.5) is 0 Å². The fourth-order valence-electron chi connectivity index (χ4n) is 4.00. The summed E-state index contributed by atoms with van der Waals surface area (Å²) in [6.07, 6.45) is 7.48. The van der Waals surface area contributed by atoms with Gasteiger partial charge in [0.25, 0.3) is 0 Å². The van der Waals surface area contributed by atoms with Crippen molar-refractivity contribution in [3.05, 3.63) is 0 Å². The second-order valence-electron chi connectivity index (χ2n) is 6.42. The van der Waals surface area contributed by atoms with Crippen molar-refractivity contribution in [3.63, 3.8) is 0 Å². The number of fused-ring (bicyclic) bond motifs is 2. The summed E-state index contributed by atoms with van der Waals surface area (Å²) in [7, 11) is 0. The Labute approximate surface area is 104 Å². The number of nitrogens with one attached hydrogen (secondary N) is 2. The molecule has 2 saturated heterocycles. The fourth-order valence-corrected chi connectivity index (χ4v) is 4.00. The Balaban J connectivity index is 1.44. The van der Waals surface area contributed by atoms with Gasteiger partial charge in [0.1, 0.15) is 0 Å². The van der Waals surface area contributed by atoms with E-state index in [4.69, 9.17) is 0 Å². The van der Waals surface area contributed by atoms with Gasteiger partial charge in [0.2, 0.25) is 5.91 Å². The maximum Gasteiger partial charge on any atom is 0.224 e. The van der Waals surface area contributed by atoms with E-state index >= 15 is 0 Å². The van der Waals surface area contributed by atoms with Gasteiger partial charge >= 0.3 is 0 Å². The van der Waals surface area contributed by atoms with Crippen LogP contribution >= 0.6 is 0 Å². The van der Waals surface area contributed by atoms with Crippen molar-refractivity contribution in [2.45, 2.75) is 57.5 Å². The highest BCUT2D eigenvalue weighted by Crippen LogP contribution is 2.34. The molecule has 1 amide bonds. The molecular formula is C14H24N2O. The van der Waals surface area contributed by atoms with E-state index in [0.717, 1.165) is 24.8 Å². The molecule has 0 aromatic rings. The van der Waals surface area contributed by atoms with E-state index in [2.05, 4.69) is 17.6 Å². The lowest BCUT2D eigenvalue weighted by molar-refractivity contribution is -0.125. The molecule has 2 heterocycles. The van der Waals surface area contributed by atoms with Crippen LogP contribution < -0.4 is 10.6 Å². The number of carbonyl (C=O) groups excluding carboxylic acids is 1. The first-order valence-electron chi connectivity index (χ1n) is 7.26. The average Bonchev–Trinajstić information content (AvgIpc) is 3.01. The Morgan fingerprint density at radius 2 is 2.12 bits per heavy atom. The Kier molecular flexibility index (Phi) is 3.12. The molecule has 2 N–H and O–H groups in total. The van der Waals surface area contributed by atoms with Gasteiger partial charge in [-0.05, 0) is 43.9 Å². The van der Waals surface area contributed by atoms with Crippen LogP contribution in [0.15, 0.2) is 0 Å². The molecule has 17 heavy (non-hydrogen) atoms. The summed E-state index contributed by atoms with van der Waals surface area (Å²) in [6, 6.07) is 1.10. The van der Waals surface area contributed by atoms with E-state index in [0.29, 0.717) is 18.0 Å². The summed E-state index contributed by atoms with van der Waals surface area (Å²) in [5.41, 5.74) is 0. The molecule has 2 aliphatic heterocycles. The Morgan fingerprint density at radius 1 is 1.24 bits per heavy atom. The minimum atomic E-state index is 0.257. The van der Waals surface area contributed by atoms with E-state index in [1.165, 1.54) is 32.1 Å². The highest BCUT2D eigenvalue weighted by Gasteiger charge is 2.42. The number of hydrogen-bond donors (Lipinski definition) is 2. The average molecular weight is 236 g/mol. The first-order chi connectivity index (χ1) is 8.22. The van der Waals surface area contributed by atoms with Crippen LogP contribution in [0.5, 0.6) is 0 Å². The molecule has 3 heteroatoms. The predicted molar refractivity (Wildman–Crippen MR) is 67.6 cm³/mol. The lowest BCUT2D eigenvalue weighted by atomic mass is 9.88. The molecule has 0 aromatic carbocycles. The zero-order valence-corrected chi connectivity index (χ0v) is 10.7. The van der Waals surface area contributed by atoms with Crippen LogP contribution in [-0.2, 0) is 4.79 Å². The lowest BCUT2D eigenvalue weighted by Crippen LogP contribution is -2.39. The highest BCUT2D eigenvalue weighted by molar-refractivity contribution is 5.80. The van der Waals surface area contributed by atoms with Crippen LogP contribution in [0.1, 0.15) is 45.4 Å². The van der Waals surface area contributed by atoms with Crippen molar-refractivity contribution in [2.24, 2.45) is 17.8 Å². The molecule has 3 aliphatic rings. The van der Waals surface area contributed by atoms with Crippen LogP contribution in [0, 0.1) is 17.8 Å². The predicted octanol–water partition coefficient (Wildman–Crippen LogP) is 1.68. The third-order valence-electron chi connectivity index (χ3n) is 5.01. The number of carbonyl (C=O) groups is 1. The van der Waals surface area contributed by atoms with E-state index in [-0.39, 0.29) is 5.92 Å². The summed E-state index contributed by atoms with van der Waals surface area (Å²) >= 11 is 0. The quantitative estimate of drug-likeness (QED) is 0.783. The molecule has 0 radical (unpaired) electrons. The van der Waals surface area contributed by atoms with Crippen molar-refractivity contribution in [2.75, 3.05) is 6.54 Å². The van der Waals surface area contributed by atoms with E-state index < -0.39 is 0 Å². The van der Waals surface area contributed by atoms with Gasteiger partial charge in [-0.25, -0.2) is 0 Å². The summed E-state index contributed by atoms with van der Waals surface area (Å²) in [4.78, 5) is 12.1. The van der Waals surface area contributed by atoms with E-state index in [1.54, 1.807) is 0 Å². The van der Waals surface area contributed by atoms with Gasteiger partial charge in [-0.3, -0.25) is 4.79 Å². The summed E-state index contributed by atoms with van der Waals surface area (Å²) in [6.45, 7) is 3.23. The molecule has 3 nitrogen and oxygen atoms in total. The second kappa shape index (κ2) is 4.60.